The van der Waals surface area contributed by atoms with Crippen LogP contribution in [-0.2, 0) is 4.74 Å². The highest BCUT2D eigenvalue weighted by molar-refractivity contribution is 6.33. The first-order valence-electron chi connectivity index (χ1n) is 16.6. The van der Waals surface area contributed by atoms with Gasteiger partial charge in [0.2, 0.25) is 0 Å². The van der Waals surface area contributed by atoms with Crippen molar-refractivity contribution in [1.29, 1.82) is 0 Å². The molecule has 6 aliphatic rings. The number of nitrogens with zero attached hydrogens (tertiary/aromatic N) is 6. The third kappa shape index (κ3) is 4.66. The van der Waals surface area contributed by atoms with E-state index in [-0.39, 0.29) is 40.6 Å². The molecule has 13 heteroatoms. The SMILES string of the molecule is O=C1NC2CCCN(C2)c2nc(OCC34CCCN3CCC4)nc3c(F)c(ncc23)-c2c(c(Cl)cc3[nH]ncc23)[C@H]2C[C@H]2CCO1. The molecule has 2 N–H and O–H groups in total. The van der Waals surface area contributed by atoms with Crippen molar-refractivity contribution in [3.05, 3.63) is 34.9 Å². The summed E-state index contributed by atoms with van der Waals surface area (Å²) in [4.78, 5) is 31.8. The summed E-state index contributed by atoms with van der Waals surface area (Å²) < 4.78 is 29.2. The lowest BCUT2D eigenvalue weighted by Gasteiger charge is -2.34. The molecule has 6 bridgehead atoms. The van der Waals surface area contributed by atoms with E-state index < -0.39 is 11.9 Å². The highest BCUT2D eigenvalue weighted by atomic mass is 35.5. The Balaban J connectivity index is 1.22. The number of pyridine rings is 1. The van der Waals surface area contributed by atoms with Crippen LogP contribution in [0.3, 0.4) is 0 Å². The van der Waals surface area contributed by atoms with Crippen LogP contribution in [0.2, 0.25) is 5.02 Å². The quantitative estimate of drug-likeness (QED) is 0.294. The number of nitrogens with one attached hydrogen (secondary N) is 2. The first kappa shape index (κ1) is 28.5. The van der Waals surface area contributed by atoms with Crippen LogP contribution < -0.4 is 15.0 Å². The van der Waals surface area contributed by atoms with Gasteiger partial charge in [0.1, 0.15) is 23.6 Å². The number of fused-ring (bicyclic) bond motifs is 7. The van der Waals surface area contributed by atoms with Crippen molar-refractivity contribution >= 4 is 45.3 Å². The standard InChI is InChI=1S/C33H36ClFN8O3/c34-23-13-24-21(15-37-41-24)26-25(23)20-12-18(20)5-11-45-32(44)38-19-4-1-8-42(16-19)30-22-14-36-29(26)27(35)28(22)39-31(40-30)46-17-33-6-2-9-43(33)10-3-7-33/h13-15,18-20H,1-12,16-17H2,(H,37,41)(H,38,44)/t18-,19?,20+/m1/s1. The second-order valence-corrected chi connectivity index (χ2v) is 14.1. The van der Waals surface area contributed by atoms with Crippen LogP contribution in [0.5, 0.6) is 6.01 Å². The molecule has 5 aliphatic heterocycles. The van der Waals surface area contributed by atoms with Gasteiger partial charge in [0, 0.05) is 41.3 Å². The van der Waals surface area contributed by atoms with Crippen LogP contribution in [0, 0.1) is 11.7 Å². The number of anilines is 1. The Morgan fingerprint density at radius 2 is 1.98 bits per heavy atom. The van der Waals surface area contributed by atoms with Gasteiger partial charge in [-0.05, 0) is 87.9 Å². The zero-order valence-corrected chi connectivity index (χ0v) is 26.3. The number of halogens is 2. The molecular formula is C33H36ClFN8O3. The number of rotatable bonds is 3. The normalized spacial score (nSPS) is 25.7. The maximum atomic E-state index is 17.1. The highest BCUT2D eigenvalue weighted by Gasteiger charge is 2.45. The minimum absolute atomic E-state index is 0.0173. The summed E-state index contributed by atoms with van der Waals surface area (Å²) in [6.07, 6.45) is 10.6. The van der Waals surface area contributed by atoms with Gasteiger partial charge in [-0.1, -0.05) is 11.6 Å². The monoisotopic (exact) mass is 646 g/mol. The van der Waals surface area contributed by atoms with E-state index in [0.29, 0.717) is 60.0 Å². The number of carbonyl (C=O) groups excluding carboxylic acids is 1. The van der Waals surface area contributed by atoms with Crippen molar-refractivity contribution in [2.75, 3.05) is 44.3 Å². The van der Waals surface area contributed by atoms with Crippen molar-refractivity contribution < 1.29 is 18.7 Å². The van der Waals surface area contributed by atoms with Crippen LogP contribution in [0.25, 0.3) is 33.1 Å². The van der Waals surface area contributed by atoms with E-state index in [1.54, 1.807) is 12.4 Å². The first-order valence-corrected chi connectivity index (χ1v) is 16.9. The summed E-state index contributed by atoms with van der Waals surface area (Å²) in [5, 5.41) is 12.1. The molecule has 0 spiro atoms. The fourth-order valence-electron chi connectivity index (χ4n) is 8.57. The molecule has 240 valence electrons. The zero-order valence-electron chi connectivity index (χ0n) is 25.5. The van der Waals surface area contributed by atoms with Crippen LogP contribution in [-0.4, -0.2) is 87.1 Å². The van der Waals surface area contributed by atoms with Crippen LogP contribution in [0.1, 0.15) is 62.8 Å². The van der Waals surface area contributed by atoms with E-state index in [2.05, 4.69) is 25.3 Å². The molecular weight excluding hydrogens is 611 g/mol. The largest absolute Gasteiger partial charge is 0.461 e. The number of aromatic amines is 1. The van der Waals surface area contributed by atoms with Crippen molar-refractivity contribution in [1.82, 2.24) is 35.4 Å². The maximum Gasteiger partial charge on any atom is 0.407 e. The Bertz CT molecular complexity index is 1860. The molecule has 1 unspecified atom stereocenters. The molecule has 4 fully saturated rings. The number of hydrogen-bond donors (Lipinski definition) is 2. The minimum Gasteiger partial charge on any atom is -0.461 e. The van der Waals surface area contributed by atoms with Crippen LogP contribution >= 0.6 is 11.6 Å². The third-order valence-corrected chi connectivity index (χ3v) is 11.3. The molecule has 1 aromatic carbocycles. The van der Waals surface area contributed by atoms with E-state index in [4.69, 9.17) is 36.0 Å². The Labute approximate surface area is 270 Å². The van der Waals surface area contributed by atoms with Gasteiger partial charge in [-0.25, -0.2) is 9.18 Å². The molecule has 1 amide bonds. The molecule has 3 aromatic heterocycles. The number of benzene rings is 1. The van der Waals surface area contributed by atoms with Gasteiger partial charge < -0.3 is 19.7 Å². The van der Waals surface area contributed by atoms with Crippen molar-refractivity contribution in [2.45, 2.75) is 68.9 Å². The van der Waals surface area contributed by atoms with E-state index in [1.807, 2.05) is 6.07 Å². The molecule has 46 heavy (non-hydrogen) atoms. The predicted octanol–water partition coefficient (Wildman–Crippen LogP) is 5.57. The van der Waals surface area contributed by atoms with Gasteiger partial charge in [0.25, 0.3) is 0 Å². The van der Waals surface area contributed by atoms with Gasteiger partial charge in [0.15, 0.2) is 5.82 Å². The molecule has 11 nitrogen and oxygen atoms in total. The Kier molecular flexibility index (Phi) is 6.74. The minimum atomic E-state index is -0.537. The molecule has 8 heterocycles. The molecule has 3 atom stereocenters. The first-order chi connectivity index (χ1) is 22.5. The molecule has 1 aliphatic carbocycles. The van der Waals surface area contributed by atoms with Crippen molar-refractivity contribution in [2.24, 2.45) is 5.92 Å². The average Bonchev–Trinajstić information content (AvgIpc) is 3.32. The lowest BCUT2D eigenvalue weighted by molar-refractivity contribution is 0.108. The molecule has 4 aromatic rings. The summed E-state index contributed by atoms with van der Waals surface area (Å²) in [5.41, 5.74) is 2.49. The van der Waals surface area contributed by atoms with Crippen molar-refractivity contribution in [3.8, 4) is 17.3 Å². The van der Waals surface area contributed by atoms with Gasteiger partial charge >= 0.3 is 12.1 Å². The fraction of sp³-hybridized carbons (Fsp3) is 0.545. The predicted molar refractivity (Wildman–Crippen MR) is 171 cm³/mol. The lowest BCUT2D eigenvalue weighted by atomic mass is 9.94. The number of H-pyrrole nitrogens is 1. The van der Waals surface area contributed by atoms with Gasteiger partial charge in [-0.2, -0.15) is 15.1 Å². The Morgan fingerprint density at radius 1 is 1.11 bits per heavy atom. The van der Waals surface area contributed by atoms with E-state index >= 15 is 4.39 Å². The maximum absolute atomic E-state index is 17.1. The number of carbonyl (C=O) groups is 1. The summed E-state index contributed by atoms with van der Waals surface area (Å²) in [6, 6.07) is 1.86. The Morgan fingerprint density at radius 3 is 2.85 bits per heavy atom. The molecule has 3 saturated heterocycles. The van der Waals surface area contributed by atoms with E-state index in [0.717, 1.165) is 69.0 Å². The second-order valence-electron chi connectivity index (χ2n) is 13.7. The van der Waals surface area contributed by atoms with E-state index in [9.17, 15) is 4.79 Å². The van der Waals surface area contributed by atoms with Crippen LogP contribution in [0.4, 0.5) is 15.0 Å². The zero-order chi connectivity index (χ0) is 31.0. The van der Waals surface area contributed by atoms with Crippen LogP contribution in [0.15, 0.2) is 18.5 Å². The average molecular weight is 647 g/mol. The summed E-state index contributed by atoms with van der Waals surface area (Å²) in [6.45, 7) is 4.11. The highest BCUT2D eigenvalue weighted by Crippen LogP contribution is 2.56. The number of aromatic nitrogens is 5. The van der Waals surface area contributed by atoms with Crippen molar-refractivity contribution in [3.63, 3.8) is 0 Å². The smallest absolute Gasteiger partial charge is 0.407 e. The van der Waals surface area contributed by atoms with Gasteiger partial charge in [-0.3, -0.25) is 15.0 Å². The van der Waals surface area contributed by atoms with Gasteiger partial charge in [0.05, 0.1) is 29.2 Å². The third-order valence-electron chi connectivity index (χ3n) is 11.0. The summed E-state index contributed by atoms with van der Waals surface area (Å²) >= 11 is 6.93. The van der Waals surface area contributed by atoms with E-state index in [1.165, 1.54) is 0 Å². The summed E-state index contributed by atoms with van der Waals surface area (Å²) in [7, 11) is 0. The fourth-order valence-corrected chi connectivity index (χ4v) is 8.92. The number of piperidine rings is 1. The lowest BCUT2D eigenvalue weighted by Crippen LogP contribution is -2.48. The number of amides is 1. The molecule has 1 saturated carbocycles. The molecule has 10 rings (SSSR count). The van der Waals surface area contributed by atoms with Gasteiger partial charge in [-0.15, -0.1) is 0 Å². The molecule has 0 radical (unpaired) electrons. The number of hydrogen-bond acceptors (Lipinski definition) is 9. The number of alkyl carbamates (subject to hydrolysis) is 1. The second kappa shape index (κ2) is 10.9. The topological polar surface area (TPSA) is 121 Å². The Hall–Kier alpha value is -3.77. The number of ether oxygens (including phenoxy) is 2. The summed E-state index contributed by atoms with van der Waals surface area (Å²) in [5.74, 6) is 0.338.